The van der Waals surface area contributed by atoms with Crippen molar-refractivity contribution in [2.75, 3.05) is 0 Å². The van der Waals surface area contributed by atoms with E-state index in [1.165, 1.54) is 10.8 Å². The van der Waals surface area contributed by atoms with Gasteiger partial charge in [-0.1, -0.05) is 34.1 Å². The summed E-state index contributed by atoms with van der Waals surface area (Å²) in [7, 11) is 0. The summed E-state index contributed by atoms with van der Waals surface area (Å²) >= 11 is 3.54. The lowest BCUT2D eigenvalue weighted by Crippen LogP contribution is -1.99. The molecule has 0 aliphatic carbocycles. The van der Waals surface area contributed by atoms with Crippen LogP contribution in [0.2, 0.25) is 0 Å². The molecule has 2 aromatic carbocycles. The van der Waals surface area contributed by atoms with Gasteiger partial charge in [0.05, 0.1) is 11.0 Å². The van der Waals surface area contributed by atoms with Gasteiger partial charge in [0, 0.05) is 27.6 Å². The van der Waals surface area contributed by atoms with Gasteiger partial charge in [0.25, 0.3) is 0 Å². The van der Waals surface area contributed by atoms with Crippen LogP contribution in [0.4, 0.5) is 0 Å². The molecule has 20 heavy (non-hydrogen) atoms. The van der Waals surface area contributed by atoms with Crippen molar-refractivity contribution in [1.29, 1.82) is 0 Å². The molecule has 0 atom stereocenters. The van der Waals surface area contributed by atoms with Crippen molar-refractivity contribution in [2.24, 2.45) is 0 Å². The van der Waals surface area contributed by atoms with Gasteiger partial charge in [0.15, 0.2) is 0 Å². The van der Waals surface area contributed by atoms with Crippen LogP contribution in [0.1, 0.15) is 0 Å². The van der Waals surface area contributed by atoms with Crippen molar-refractivity contribution in [1.82, 2.24) is 14.5 Å². The molecule has 0 saturated heterocycles. The molecule has 0 saturated carbocycles. The predicted molar refractivity (Wildman–Crippen MR) is 84.1 cm³/mol. The summed E-state index contributed by atoms with van der Waals surface area (Å²) in [5.74, 6) is 0.695. The highest BCUT2D eigenvalue weighted by molar-refractivity contribution is 9.10. The van der Waals surface area contributed by atoms with Gasteiger partial charge < -0.3 is 0 Å². The molecule has 0 unspecified atom stereocenters. The summed E-state index contributed by atoms with van der Waals surface area (Å²) in [4.78, 5) is 8.77. The smallest absolute Gasteiger partial charge is 0.234 e. The average molecular weight is 324 g/mol. The first-order valence-electron chi connectivity index (χ1n) is 6.31. The van der Waals surface area contributed by atoms with Crippen LogP contribution in [0.25, 0.3) is 27.8 Å². The van der Waals surface area contributed by atoms with Gasteiger partial charge >= 0.3 is 0 Å². The van der Waals surface area contributed by atoms with Crippen LogP contribution in [-0.4, -0.2) is 14.5 Å². The maximum Gasteiger partial charge on any atom is 0.234 e. The van der Waals surface area contributed by atoms with Gasteiger partial charge in [-0.05, 0) is 30.3 Å². The molecule has 4 heteroatoms. The second-order valence-corrected chi connectivity index (χ2v) is 5.48. The molecule has 0 bridgehead atoms. The lowest BCUT2D eigenvalue weighted by Gasteiger charge is -2.04. The predicted octanol–water partition coefficient (Wildman–Crippen LogP) is 4.34. The zero-order chi connectivity index (χ0) is 13.5. The molecule has 3 nitrogen and oxygen atoms in total. The highest BCUT2D eigenvalue weighted by Gasteiger charge is 2.12. The zero-order valence-electron chi connectivity index (χ0n) is 10.5. The van der Waals surface area contributed by atoms with E-state index >= 15 is 0 Å². The topological polar surface area (TPSA) is 30.7 Å². The summed E-state index contributed by atoms with van der Waals surface area (Å²) in [5, 5.41) is 2.40. The second kappa shape index (κ2) is 4.42. The first-order valence-corrected chi connectivity index (χ1v) is 7.10. The van der Waals surface area contributed by atoms with Crippen molar-refractivity contribution in [3.63, 3.8) is 0 Å². The van der Waals surface area contributed by atoms with E-state index < -0.39 is 0 Å². The van der Waals surface area contributed by atoms with E-state index in [4.69, 9.17) is 0 Å². The second-order valence-electron chi connectivity index (χ2n) is 4.56. The standard InChI is InChI=1S/C16H10BrN3/c17-11-6-7-15-13(10-11)12-4-1-2-5-14(12)20(15)16-18-8-3-9-19-16/h1-10H. The van der Waals surface area contributed by atoms with Crippen LogP contribution >= 0.6 is 15.9 Å². The fourth-order valence-corrected chi connectivity index (χ4v) is 2.93. The molecule has 0 fully saturated rings. The number of aromatic nitrogens is 3. The Kier molecular flexibility index (Phi) is 2.57. The fourth-order valence-electron chi connectivity index (χ4n) is 2.57. The number of rotatable bonds is 1. The molecule has 2 aromatic heterocycles. The first kappa shape index (κ1) is 11.6. The molecule has 4 rings (SSSR count). The van der Waals surface area contributed by atoms with Gasteiger partial charge in [-0.15, -0.1) is 0 Å². The molecular weight excluding hydrogens is 314 g/mol. The van der Waals surface area contributed by atoms with E-state index in [0.717, 1.165) is 15.5 Å². The third kappa shape index (κ3) is 1.65. The molecule has 0 aliphatic rings. The molecule has 0 aliphatic heterocycles. The number of halogens is 1. The summed E-state index contributed by atoms with van der Waals surface area (Å²) < 4.78 is 3.17. The Bertz CT molecular complexity index is 913. The van der Waals surface area contributed by atoms with Crippen LogP contribution in [0.3, 0.4) is 0 Å². The Morgan fingerprint density at radius 3 is 2.40 bits per heavy atom. The van der Waals surface area contributed by atoms with Crippen LogP contribution in [0.5, 0.6) is 0 Å². The van der Waals surface area contributed by atoms with E-state index in [9.17, 15) is 0 Å². The van der Waals surface area contributed by atoms with E-state index in [-0.39, 0.29) is 0 Å². The van der Waals surface area contributed by atoms with Crippen molar-refractivity contribution in [3.05, 3.63) is 65.4 Å². The van der Waals surface area contributed by atoms with Crippen molar-refractivity contribution >= 4 is 37.7 Å². The normalized spacial score (nSPS) is 11.2. The highest BCUT2D eigenvalue weighted by Crippen LogP contribution is 2.32. The van der Waals surface area contributed by atoms with Crippen molar-refractivity contribution < 1.29 is 0 Å². The third-order valence-corrected chi connectivity index (χ3v) is 3.88. The van der Waals surface area contributed by atoms with E-state index in [0.29, 0.717) is 5.95 Å². The maximum absolute atomic E-state index is 4.38. The SMILES string of the molecule is Brc1ccc2c(c1)c1ccccc1n2-c1ncccn1. The maximum atomic E-state index is 4.38. The molecule has 0 spiro atoms. The van der Waals surface area contributed by atoms with E-state index in [1.807, 2.05) is 18.2 Å². The zero-order valence-corrected chi connectivity index (χ0v) is 12.1. The minimum Gasteiger partial charge on any atom is -0.278 e. The van der Waals surface area contributed by atoms with Crippen LogP contribution in [0.15, 0.2) is 65.4 Å². The molecular formula is C16H10BrN3. The number of para-hydroxylation sites is 1. The minimum atomic E-state index is 0.695. The highest BCUT2D eigenvalue weighted by atomic mass is 79.9. The number of fused-ring (bicyclic) bond motifs is 3. The lowest BCUT2D eigenvalue weighted by atomic mass is 10.2. The van der Waals surface area contributed by atoms with Gasteiger partial charge in [-0.2, -0.15) is 0 Å². The van der Waals surface area contributed by atoms with Gasteiger partial charge in [0.2, 0.25) is 5.95 Å². The number of hydrogen-bond donors (Lipinski definition) is 0. The van der Waals surface area contributed by atoms with Crippen molar-refractivity contribution in [2.45, 2.75) is 0 Å². The fraction of sp³-hybridized carbons (Fsp3) is 0. The minimum absolute atomic E-state index is 0.695. The summed E-state index contributed by atoms with van der Waals surface area (Å²) in [6.07, 6.45) is 3.53. The molecule has 96 valence electrons. The summed E-state index contributed by atoms with van der Waals surface area (Å²) in [6.45, 7) is 0. The molecule has 0 N–H and O–H groups in total. The Morgan fingerprint density at radius 2 is 1.55 bits per heavy atom. The first-order chi connectivity index (χ1) is 9.84. The monoisotopic (exact) mass is 323 g/mol. The number of hydrogen-bond acceptors (Lipinski definition) is 2. The molecule has 0 amide bonds. The lowest BCUT2D eigenvalue weighted by molar-refractivity contribution is 0.988. The number of benzene rings is 2. The quantitative estimate of drug-likeness (QED) is 0.521. The van der Waals surface area contributed by atoms with E-state index in [2.05, 4.69) is 60.8 Å². The van der Waals surface area contributed by atoms with Gasteiger partial charge in [0.1, 0.15) is 0 Å². The van der Waals surface area contributed by atoms with Gasteiger partial charge in [-0.25, -0.2) is 9.97 Å². The number of nitrogens with zero attached hydrogens (tertiary/aromatic N) is 3. The summed E-state index contributed by atoms with van der Waals surface area (Å²) in [5.41, 5.74) is 2.23. The van der Waals surface area contributed by atoms with Crippen molar-refractivity contribution in [3.8, 4) is 5.95 Å². The van der Waals surface area contributed by atoms with Gasteiger partial charge in [-0.3, -0.25) is 4.57 Å². The Morgan fingerprint density at radius 1 is 0.800 bits per heavy atom. The average Bonchev–Trinajstić information content (AvgIpc) is 2.82. The Hall–Kier alpha value is -2.20. The van der Waals surface area contributed by atoms with Crippen LogP contribution < -0.4 is 0 Å². The van der Waals surface area contributed by atoms with E-state index in [1.54, 1.807) is 12.4 Å². The summed E-state index contributed by atoms with van der Waals surface area (Å²) in [6, 6.07) is 16.4. The largest absolute Gasteiger partial charge is 0.278 e. The molecule has 0 radical (unpaired) electrons. The Balaban J connectivity index is 2.22. The Labute approximate surface area is 124 Å². The molecule has 4 aromatic rings. The third-order valence-electron chi connectivity index (χ3n) is 3.39. The van der Waals surface area contributed by atoms with Crippen LogP contribution in [0, 0.1) is 0 Å². The molecule has 2 heterocycles. The van der Waals surface area contributed by atoms with Crippen LogP contribution in [-0.2, 0) is 0 Å².